The van der Waals surface area contributed by atoms with Gasteiger partial charge in [-0.3, -0.25) is 9.59 Å². The number of carbonyl (C=O) groups excluding carboxylic acids is 2. The van der Waals surface area contributed by atoms with Crippen LogP contribution >= 0.6 is 0 Å². The number of hydrogen-bond donors (Lipinski definition) is 2. The number of benzene rings is 1. The zero-order valence-electron chi connectivity index (χ0n) is 14.9. The second-order valence-corrected chi connectivity index (χ2v) is 6.66. The second-order valence-electron chi connectivity index (χ2n) is 6.66. The molecule has 6 nitrogen and oxygen atoms in total. The monoisotopic (exact) mass is 346 g/mol. The fourth-order valence-electron chi connectivity index (χ4n) is 2.99. The molecule has 1 atom stereocenters. The molecule has 1 fully saturated rings. The average molecular weight is 346 g/mol. The van der Waals surface area contributed by atoms with E-state index in [9.17, 15) is 19.5 Å². The van der Waals surface area contributed by atoms with Gasteiger partial charge in [0.1, 0.15) is 0 Å². The molecule has 2 amide bonds. The standard InChI is InChI=1S/C19H26N2O4/c1-13-8-9-15(11-14(13)2)18(19(24)25)20-16(22)12-21-10-6-4-3-5-7-17(21)23/h8-9,11,18H,3-7,10,12H2,1-2H3,(H,20,22)(H,24,25). The molecule has 0 bridgehead atoms. The van der Waals surface area contributed by atoms with Crippen molar-refractivity contribution in [2.75, 3.05) is 13.1 Å². The first-order valence-corrected chi connectivity index (χ1v) is 8.75. The number of nitrogens with one attached hydrogen (secondary N) is 1. The lowest BCUT2D eigenvalue weighted by Gasteiger charge is -2.25. The number of aryl methyl sites for hydroxylation is 2. The lowest BCUT2D eigenvalue weighted by Crippen LogP contribution is -2.44. The van der Waals surface area contributed by atoms with Crippen LogP contribution in [0.2, 0.25) is 0 Å². The van der Waals surface area contributed by atoms with E-state index in [4.69, 9.17) is 0 Å². The van der Waals surface area contributed by atoms with Crippen molar-refractivity contribution in [2.45, 2.75) is 52.0 Å². The first-order chi connectivity index (χ1) is 11.9. The van der Waals surface area contributed by atoms with Crippen molar-refractivity contribution in [1.82, 2.24) is 10.2 Å². The van der Waals surface area contributed by atoms with Gasteiger partial charge in [0.05, 0.1) is 6.54 Å². The van der Waals surface area contributed by atoms with Crippen molar-refractivity contribution in [3.05, 3.63) is 34.9 Å². The molecule has 2 rings (SSSR count). The van der Waals surface area contributed by atoms with E-state index in [1.165, 1.54) is 4.90 Å². The van der Waals surface area contributed by atoms with Crippen LogP contribution in [0, 0.1) is 13.8 Å². The summed E-state index contributed by atoms with van der Waals surface area (Å²) < 4.78 is 0. The summed E-state index contributed by atoms with van der Waals surface area (Å²) in [6.07, 6.45) is 4.26. The molecule has 0 aliphatic carbocycles. The van der Waals surface area contributed by atoms with Crippen LogP contribution in [0.25, 0.3) is 0 Å². The highest BCUT2D eigenvalue weighted by atomic mass is 16.4. The van der Waals surface area contributed by atoms with Crippen LogP contribution in [0.15, 0.2) is 18.2 Å². The first kappa shape index (κ1) is 19.0. The van der Waals surface area contributed by atoms with Crippen molar-refractivity contribution in [3.63, 3.8) is 0 Å². The Kier molecular flexibility index (Phi) is 6.56. The minimum absolute atomic E-state index is 0.0343. The summed E-state index contributed by atoms with van der Waals surface area (Å²) in [5.74, 6) is -1.59. The van der Waals surface area contributed by atoms with Crippen LogP contribution in [0.4, 0.5) is 0 Å². The Morgan fingerprint density at radius 1 is 1.16 bits per heavy atom. The largest absolute Gasteiger partial charge is 0.479 e. The van der Waals surface area contributed by atoms with Gasteiger partial charge in [0.2, 0.25) is 11.8 Å². The van der Waals surface area contributed by atoms with Gasteiger partial charge in [-0.25, -0.2) is 4.79 Å². The zero-order chi connectivity index (χ0) is 18.4. The third-order valence-corrected chi connectivity index (χ3v) is 4.67. The fourth-order valence-corrected chi connectivity index (χ4v) is 2.99. The Hall–Kier alpha value is -2.37. The number of amides is 2. The van der Waals surface area contributed by atoms with Crippen LogP contribution in [0.5, 0.6) is 0 Å². The number of rotatable bonds is 5. The Morgan fingerprint density at radius 3 is 2.56 bits per heavy atom. The van der Waals surface area contributed by atoms with Crippen molar-refractivity contribution >= 4 is 17.8 Å². The molecule has 6 heteroatoms. The third-order valence-electron chi connectivity index (χ3n) is 4.67. The molecule has 136 valence electrons. The molecule has 1 saturated heterocycles. The van der Waals surface area contributed by atoms with E-state index in [1.54, 1.807) is 12.1 Å². The Labute approximate surface area is 148 Å². The Morgan fingerprint density at radius 2 is 1.88 bits per heavy atom. The molecule has 0 saturated carbocycles. The van der Waals surface area contributed by atoms with E-state index in [2.05, 4.69) is 5.32 Å². The van der Waals surface area contributed by atoms with Gasteiger partial charge in [-0.1, -0.05) is 31.0 Å². The van der Waals surface area contributed by atoms with Crippen LogP contribution < -0.4 is 5.32 Å². The predicted molar refractivity (Wildman–Crippen MR) is 94.1 cm³/mol. The van der Waals surface area contributed by atoms with Crippen molar-refractivity contribution in [2.24, 2.45) is 0 Å². The Balaban J connectivity index is 2.05. The van der Waals surface area contributed by atoms with Gasteiger partial charge in [-0.2, -0.15) is 0 Å². The highest BCUT2D eigenvalue weighted by Gasteiger charge is 2.25. The minimum atomic E-state index is -1.12. The summed E-state index contributed by atoms with van der Waals surface area (Å²) >= 11 is 0. The normalized spacial score (nSPS) is 16.7. The maximum atomic E-state index is 12.3. The van der Waals surface area contributed by atoms with E-state index in [0.29, 0.717) is 18.5 Å². The van der Waals surface area contributed by atoms with Crippen LogP contribution in [0.1, 0.15) is 54.8 Å². The van der Waals surface area contributed by atoms with Crippen molar-refractivity contribution in [1.29, 1.82) is 0 Å². The highest BCUT2D eigenvalue weighted by Crippen LogP contribution is 2.18. The highest BCUT2D eigenvalue weighted by molar-refractivity contribution is 5.88. The van der Waals surface area contributed by atoms with Gasteiger partial charge in [-0.05, 0) is 43.4 Å². The van der Waals surface area contributed by atoms with E-state index in [0.717, 1.165) is 36.8 Å². The quantitative estimate of drug-likeness (QED) is 0.857. The molecule has 0 spiro atoms. The summed E-state index contributed by atoms with van der Waals surface area (Å²) in [7, 11) is 0. The number of carbonyl (C=O) groups is 3. The summed E-state index contributed by atoms with van der Waals surface area (Å²) in [5.41, 5.74) is 2.56. The average Bonchev–Trinajstić information content (AvgIpc) is 2.55. The summed E-state index contributed by atoms with van der Waals surface area (Å²) in [6, 6.07) is 4.21. The number of hydrogen-bond acceptors (Lipinski definition) is 3. The number of aliphatic carboxylic acids is 1. The number of likely N-dealkylation sites (tertiary alicyclic amines) is 1. The summed E-state index contributed by atoms with van der Waals surface area (Å²) in [6.45, 7) is 4.31. The maximum Gasteiger partial charge on any atom is 0.330 e. The zero-order valence-corrected chi connectivity index (χ0v) is 14.9. The maximum absolute atomic E-state index is 12.3. The molecule has 2 N–H and O–H groups in total. The lowest BCUT2D eigenvalue weighted by atomic mass is 10.0. The molecular formula is C19H26N2O4. The second kappa shape index (κ2) is 8.65. The van der Waals surface area contributed by atoms with Gasteiger partial charge in [0.15, 0.2) is 6.04 Å². The van der Waals surface area contributed by atoms with E-state index >= 15 is 0 Å². The SMILES string of the molecule is Cc1ccc(C(NC(=O)CN2CCCCCCC2=O)C(=O)O)cc1C. The van der Waals surface area contributed by atoms with Crippen molar-refractivity contribution in [3.8, 4) is 0 Å². The molecule has 1 heterocycles. The molecular weight excluding hydrogens is 320 g/mol. The van der Waals surface area contributed by atoms with E-state index in [1.807, 2.05) is 19.9 Å². The van der Waals surface area contributed by atoms with E-state index < -0.39 is 17.9 Å². The molecule has 1 aliphatic heterocycles. The van der Waals surface area contributed by atoms with Gasteiger partial charge < -0.3 is 15.3 Å². The number of nitrogens with zero attached hydrogens (tertiary/aromatic N) is 1. The molecule has 1 aliphatic rings. The predicted octanol–water partition coefficient (Wildman–Crippen LogP) is 2.34. The molecule has 25 heavy (non-hydrogen) atoms. The summed E-state index contributed by atoms with van der Waals surface area (Å²) in [5, 5.41) is 12.0. The molecule has 1 unspecified atom stereocenters. The van der Waals surface area contributed by atoms with Crippen LogP contribution in [-0.4, -0.2) is 40.9 Å². The first-order valence-electron chi connectivity index (χ1n) is 8.75. The van der Waals surface area contributed by atoms with Crippen LogP contribution in [0.3, 0.4) is 0 Å². The van der Waals surface area contributed by atoms with Gasteiger partial charge in [0, 0.05) is 13.0 Å². The third kappa shape index (κ3) is 5.31. The summed E-state index contributed by atoms with van der Waals surface area (Å²) in [4.78, 5) is 37.6. The fraction of sp³-hybridized carbons (Fsp3) is 0.526. The smallest absolute Gasteiger partial charge is 0.330 e. The molecule has 1 aromatic rings. The Bertz CT molecular complexity index is 657. The lowest BCUT2D eigenvalue weighted by molar-refractivity contribution is -0.143. The number of carboxylic acids is 1. The van der Waals surface area contributed by atoms with Gasteiger partial charge in [0.25, 0.3) is 0 Å². The van der Waals surface area contributed by atoms with Gasteiger partial charge >= 0.3 is 5.97 Å². The molecule has 0 aromatic heterocycles. The van der Waals surface area contributed by atoms with Gasteiger partial charge in [-0.15, -0.1) is 0 Å². The number of carboxylic acid groups (broad SMARTS) is 1. The topological polar surface area (TPSA) is 86.7 Å². The minimum Gasteiger partial charge on any atom is -0.479 e. The van der Waals surface area contributed by atoms with Crippen molar-refractivity contribution < 1.29 is 19.5 Å². The molecule has 1 aromatic carbocycles. The molecule has 0 radical (unpaired) electrons. The van der Waals surface area contributed by atoms with Crippen LogP contribution in [-0.2, 0) is 14.4 Å². The van der Waals surface area contributed by atoms with E-state index in [-0.39, 0.29) is 12.5 Å².